The molecule has 0 spiro atoms. The van der Waals surface area contributed by atoms with Gasteiger partial charge in [-0.3, -0.25) is 0 Å². The van der Waals surface area contributed by atoms with Crippen LogP contribution in [0.2, 0.25) is 12.6 Å². The van der Waals surface area contributed by atoms with Crippen LogP contribution >= 0.6 is 0 Å². The lowest BCUT2D eigenvalue weighted by molar-refractivity contribution is 0.501. The minimum absolute atomic E-state index is 0.905. The first-order chi connectivity index (χ1) is 11.2. The molecule has 0 bridgehead atoms. The van der Waals surface area contributed by atoms with Crippen LogP contribution in [0.15, 0.2) is 0 Å². The highest BCUT2D eigenvalue weighted by Gasteiger charge is 2.06. The topological polar surface area (TPSA) is 0 Å². The second kappa shape index (κ2) is 18.4. The standard InChI is InChI=1S/C22H46B/c1-5-7-9-11-13-15-17-21(3)19-23-20-22(4)18-16-14-12-10-8-6-2/h21-22H,5-20H2,1-4H3. The predicted molar refractivity (Wildman–Crippen MR) is 110 cm³/mol. The molecule has 0 aromatic carbocycles. The van der Waals surface area contributed by atoms with Gasteiger partial charge in [-0.2, -0.15) is 0 Å². The Kier molecular flexibility index (Phi) is 18.5. The van der Waals surface area contributed by atoms with Gasteiger partial charge in [-0.1, -0.05) is 142 Å². The van der Waals surface area contributed by atoms with Crippen molar-refractivity contribution in [3.05, 3.63) is 0 Å². The zero-order valence-corrected chi connectivity index (χ0v) is 17.0. The van der Waals surface area contributed by atoms with Crippen LogP contribution in [0.4, 0.5) is 0 Å². The molecule has 2 atom stereocenters. The van der Waals surface area contributed by atoms with E-state index in [9.17, 15) is 0 Å². The van der Waals surface area contributed by atoms with Gasteiger partial charge in [0.25, 0.3) is 0 Å². The van der Waals surface area contributed by atoms with Crippen LogP contribution in [0.5, 0.6) is 0 Å². The molecule has 0 nitrogen and oxygen atoms in total. The van der Waals surface area contributed by atoms with E-state index in [0.29, 0.717) is 0 Å². The number of rotatable bonds is 18. The van der Waals surface area contributed by atoms with Crippen LogP contribution in [0.1, 0.15) is 118 Å². The smallest absolute Gasteiger partial charge is 0.0778 e. The molecule has 0 heterocycles. The molecular weight excluding hydrogens is 275 g/mol. The van der Waals surface area contributed by atoms with Crippen molar-refractivity contribution in [1.29, 1.82) is 0 Å². The third-order valence-corrected chi connectivity index (χ3v) is 5.24. The Morgan fingerprint density at radius 1 is 0.522 bits per heavy atom. The van der Waals surface area contributed by atoms with Gasteiger partial charge in [0.05, 0.1) is 0 Å². The first kappa shape index (κ1) is 23.1. The normalized spacial score (nSPS) is 13.9. The van der Waals surface area contributed by atoms with Gasteiger partial charge >= 0.3 is 0 Å². The van der Waals surface area contributed by atoms with E-state index in [4.69, 9.17) is 0 Å². The van der Waals surface area contributed by atoms with E-state index in [0.717, 1.165) is 11.8 Å². The van der Waals surface area contributed by atoms with Gasteiger partial charge in [0.1, 0.15) is 7.28 Å². The fourth-order valence-corrected chi connectivity index (χ4v) is 3.45. The van der Waals surface area contributed by atoms with Crippen molar-refractivity contribution in [2.24, 2.45) is 11.8 Å². The number of unbranched alkanes of at least 4 members (excludes halogenated alkanes) is 10. The molecule has 0 saturated heterocycles. The van der Waals surface area contributed by atoms with E-state index in [1.54, 1.807) is 0 Å². The third kappa shape index (κ3) is 18.2. The van der Waals surface area contributed by atoms with Crippen molar-refractivity contribution in [2.45, 2.75) is 130 Å². The minimum Gasteiger partial charge on any atom is -0.0778 e. The van der Waals surface area contributed by atoms with Gasteiger partial charge in [-0.15, -0.1) is 0 Å². The predicted octanol–water partition coefficient (Wildman–Crippen LogP) is 8.30. The summed E-state index contributed by atoms with van der Waals surface area (Å²) in [6.07, 6.45) is 22.8. The molecule has 137 valence electrons. The van der Waals surface area contributed by atoms with Crippen LogP contribution in [-0.4, -0.2) is 7.28 Å². The van der Waals surface area contributed by atoms with Crippen LogP contribution in [0.25, 0.3) is 0 Å². The third-order valence-electron chi connectivity index (χ3n) is 5.24. The molecule has 0 amide bonds. The van der Waals surface area contributed by atoms with Crippen LogP contribution in [0.3, 0.4) is 0 Å². The van der Waals surface area contributed by atoms with Gasteiger partial charge in [-0.05, 0) is 0 Å². The van der Waals surface area contributed by atoms with Crippen molar-refractivity contribution in [1.82, 2.24) is 0 Å². The van der Waals surface area contributed by atoms with Crippen LogP contribution in [-0.2, 0) is 0 Å². The number of hydrogen-bond acceptors (Lipinski definition) is 0. The highest BCUT2D eigenvalue weighted by atomic mass is 14.1. The molecule has 0 N–H and O–H groups in total. The average Bonchev–Trinajstić information content (AvgIpc) is 2.54. The van der Waals surface area contributed by atoms with E-state index in [1.807, 2.05) is 0 Å². The van der Waals surface area contributed by atoms with E-state index in [2.05, 4.69) is 35.0 Å². The lowest BCUT2D eigenvalue weighted by Gasteiger charge is -2.13. The fraction of sp³-hybridized carbons (Fsp3) is 1.00. The Hall–Kier alpha value is 0.0649. The first-order valence-corrected chi connectivity index (χ1v) is 11.0. The molecule has 0 aliphatic heterocycles. The largest absolute Gasteiger partial charge is 0.110 e. The summed E-state index contributed by atoms with van der Waals surface area (Å²) < 4.78 is 0. The monoisotopic (exact) mass is 321 g/mol. The maximum absolute atomic E-state index is 2.59. The minimum atomic E-state index is 0.905. The quantitative estimate of drug-likeness (QED) is 0.176. The Balaban J connectivity index is 3.30. The molecule has 23 heavy (non-hydrogen) atoms. The molecular formula is C22H46B. The second-order valence-electron chi connectivity index (χ2n) is 8.08. The van der Waals surface area contributed by atoms with Crippen molar-refractivity contribution in [3.8, 4) is 0 Å². The molecule has 2 unspecified atom stereocenters. The Morgan fingerprint density at radius 3 is 1.26 bits per heavy atom. The number of hydrogen-bond donors (Lipinski definition) is 0. The van der Waals surface area contributed by atoms with Crippen molar-refractivity contribution in [2.75, 3.05) is 0 Å². The Morgan fingerprint density at radius 2 is 0.870 bits per heavy atom. The Labute approximate surface area is 149 Å². The average molecular weight is 321 g/mol. The van der Waals surface area contributed by atoms with Gasteiger partial charge in [0.15, 0.2) is 0 Å². The summed E-state index contributed by atoms with van der Waals surface area (Å²) in [6, 6.07) is 0. The summed E-state index contributed by atoms with van der Waals surface area (Å²) in [5.74, 6) is 1.81. The first-order valence-electron chi connectivity index (χ1n) is 11.0. The molecule has 0 aliphatic carbocycles. The fourth-order valence-electron chi connectivity index (χ4n) is 3.45. The highest BCUT2D eigenvalue weighted by molar-refractivity contribution is 6.35. The summed E-state index contributed by atoms with van der Waals surface area (Å²) in [5.41, 5.74) is 0. The van der Waals surface area contributed by atoms with E-state index in [1.165, 1.54) is 103 Å². The summed E-state index contributed by atoms with van der Waals surface area (Å²) in [5, 5.41) is 0. The molecule has 0 fully saturated rings. The summed E-state index contributed by atoms with van der Waals surface area (Å²) in [6.45, 7) is 9.48. The van der Waals surface area contributed by atoms with E-state index in [-0.39, 0.29) is 0 Å². The van der Waals surface area contributed by atoms with Gasteiger partial charge in [-0.25, -0.2) is 0 Å². The van der Waals surface area contributed by atoms with E-state index >= 15 is 0 Å². The highest BCUT2D eigenvalue weighted by Crippen LogP contribution is 2.19. The molecule has 1 heteroatoms. The van der Waals surface area contributed by atoms with E-state index < -0.39 is 0 Å². The van der Waals surface area contributed by atoms with Crippen molar-refractivity contribution >= 4 is 7.28 Å². The summed E-state index contributed by atoms with van der Waals surface area (Å²) >= 11 is 0. The van der Waals surface area contributed by atoms with Gasteiger partial charge in [0, 0.05) is 0 Å². The van der Waals surface area contributed by atoms with Crippen molar-refractivity contribution < 1.29 is 0 Å². The molecule has 0 rings (SSSR count). The summed E-state index contributed by atoms with van der Waals surface area (Å²) in [7, 11) is 2.59. The van der Waals surface area contributed by atoms with Crippen molar-refractivity contribution in [3.63, 3.8) is 0 Å². The zero-order chi connectivity index (χ0) is 17.2. The van der Waals surface area contributed by atoms with Gasteiger partial charge < -0.3 is 0 Å². The SMILES string of the molecule is CCCCCCCCC(C)C[B]CC(C)CCCCCCCC. The van der Waals surface area contributed by atoms with Gasteiger partial charge in [0.2, 0.25) is 0 Å². The summed E-state index contributed by atoms with van der Waals surface area (Å²) in [4.78, 5) is 0. The molecule has 0 aliphatic rings. The Bertz CT molecular complexity index is 192. The second-order valence-corrected chi connectivity index (χ2v) is 8.08. The molecule has 0 aromatic heterocycles. The maximum Gasteiger partial charge on any atom is 0.110 e. The lowest BCUT2D eigenvalue weighted by atomic mass is 9.63. The molecule has 0 aromatic rings. The molecule has 0 saturated carbocycles. The lowest BCUT2D eigenvalue weighted by Crippen LogP contribution is -2.05. The molecule has 1 radical (unpaired) electrons. The van der Waals surface area contributed by atoms with Crippen LogP contribution < -0.4 is 0 Å². The maximum atomic E-state index is 2.59. The zero-order valence-electron chi connectivity index (χ0n) is 17.0. The van der Waals surface area contributed by atoms with Crippen LogP contribution in [0, 0.1) is 11.8 Å².